The monoisotopic (exact) mass is 294 g/mol. The Bertz CT molecular complexity index is 478. The van der Waals surface area contributed by atoms with Crippen molar-refractivity contribution in [2.75, 3.05) is 7.05 Å². The average Bonchev–Trinajstić information content (AvgIpc) is 2.75. The van der Waals surface area contributed by atoms with Gasteiger partial charge in [0.05, 0.1) is 11.7 Å². The molecule has 0 saturated carbocycles. The molecule has 2 aromatic rings. The van der Waals surface area contributed by atoms with Gasteiger partial charge < -0.3 is 5.32 Å². The Balaban J connectivity index is 2.12. The summed E-state index contributed by atoms with van der Waals surface area (Å²) < 4.78 is 2.81. The molecule has 2 heterocycles. The fourth-order valence-corrected chi connectivity index (χ4v) is 1.94. The van der Waals surface area contributed by atoms with Gasteiger partial charge in [0.25, 0.3) is 0 Å². The zero-order valence-electron chi connectivity index (χ0n) is 9.89. The first kappa shape index (κ1) is 12.3. The van der Waals surface area contributed by atoms with E-state index in [0.29, 0.717) is 0 Å². The van der Waals surface area contributed by atoms with Crippen LogP contribution in [0.4, 0.5) is 0 Å². The third-order valence-electron chi connectivity index (χ3n) is 2.64. The fraction of sp³-hybridized carbons (Fsp3) is 0.333. The van der Waals surface area contributed by atoms with Crippen LogP contribution in [0, 0.1) is 0 Å². The van der Waals surface area contributed by atoms with Gasteiger partial charge in [0, 0.05) is 36.0 Å². The van der Waals surface area contributed by atoms with E-state index in [1.54, 1.807) is 0 Å². The lowest BCUT2D eigenvalue weighted by atomic mass is 10.1. The highest BCUT2D eigenvalue weighted by Crippen LogP contribution is 2.16. The third-order valence-corrected chi connectivity index (χ3v) is 3.11. The SMILES string of the molecule is CNC(Cc1ccc(Br)cn1)c1ccn(C)n1. The molecule has 0 amide bonds. The van der Waals surface area contributed by atoms with Crippen LogP contribution in [0.15, 0.2) is 35.1 Å². The first-order chi connectivity index (χ1) is 8.19. The molecular weight excluding hydrogens is 280 g/mol. The maximum Gasteiger partial charge on any atom is 0.0797 e. The molecule has 0 spiro atoms. The molecule has 0 aliphatic heterocycles. The predicted octanol–water partition coefficient (Wildman–Crippen LogP) is 2.08. The molecule has 1 N–H and O–H groups in total. The molecule has 1 atom stereocenters. The molecule has 0 bridgehead atoms. The Hall–Kier alpha value is -1.20. The van der Waals surface area contributed by atoms with E-state index in [2.05, 4.69) is 31.3 Å². The maximum atomic E-state index is 4.41. The Morgan fingerprint density at radius 3 is 2.76 bits per heavy atom. The number of nitrogens with zero attached hydrogens (tertiary/aromatic N) is 3. The van der Waals surface area contributed by atoms with Gasteiger partial charge in [0.2, 0.25) is 0 Å². The van der Waals surface area contributed by atoms with Crippen LogP contribution in [0.2, 0.25) is 0 Å². The zero-order chi connectivity index (χ0) is 12.3. The summed E-state index contributed by atoms with van der Waals surface area (Å²) in [5.74, 6) is 0. The first-order valence-electron chi connectivity index (χ1n) is 5.46. The van der Waals surface area contributed by atoms with Gasteiger partial charge in [-0.2, -0.15) is 5.10 Å². The molecule has 4 nitrogen and oxygen atoms in total. The lowest BCUT2D eigenvalue weighted by molar-refractivity contribution is 0.557. The minimum Gasteiger partial charge on any atom is -0.311 e. The van der Waals surface area contributed by atoms with E-state index in [1.165, 1.54) is 0 Å². The van der Waals surface area contributed by atoms with Crippen molar-refractivity contribution in [1.29, 1.82) is 0 Å². The highest BCUT2D eigenvalue weighted by molar-refractivity contribution is 9.10. The van der Waals surface area contributed by atoms with E-state index < -0.39 is 0 Å². The van der Waals surface area contributed by atoms with Crippen molar-refractivity contribution in [1.82, 2.24) is 20.1 Å². The Morgan fingerprint density at radius 2 is 2.24 bits per heavy atom. The van der Waals surface area contributed by atoms with Crippen molar-refractivity contribution in [2.24, 2.45) is 7.05 Å². The van der Waals surface area contributed by atoms with E-state index >= 15 is 0 Å². The van der Waals surface area contributed by atoms with Crippen LogP contribution in [0.5, 0.6) is 0 Å². The van der Waals surface area contributed by atoms with E-state index in [-0.39, 0.29) is 6.04 Å². The first-order valence-corrected chi connectivity index (χ1v) is 6.25. The van der Waals surface area contributed by atoms with Gasteiger partial charge in [0.15, 0.2) is 0 Å². The fourth-order valence-electron chi connectivity index (χ4n) is 1.71. The minimum absolute atomic E-state index is 0.199. The van der Waals surface area contributed by atoms with Crippen LogP contribution in [0.25, 0.3) is 0 Å². The quantitative estimate of drug-likeness (QED) is 0.939. The number of pyridine rings is 1. The van der Waals surface area contributed by atoms with Crippen molar-refractivity contribution in [3.63, 3.8) is 0 Å². The standard InChI is InChI=1S/C12H15BrN4/c1-14-12(11-5-6-17(2)16-11)7-10-4-3-9(13)8-15-10/h3-6,8,12,14H,7H2,1-2H3. The summed E-state index contributed by atoms with van der Waals surface area (Å²) in [6.45, 7) is 0. The summed E-state index contributed by atoms with van der Waals surface area (Å²) in [6, 6.07) is 6.26. The van der Waals surface area contributed by atoms with Gasteiger partial charge in [-0.15, -0.1) is 0 Å². The summed E-state index contributed by atoms with van der Waals surface area (Å²) in [5, 5.41) is 7.68. The highest BCUT2D eigenvalue weighted by atomic mass is 79.9. The molecule has 5 heteroatoms. The number of hydrogen-bond acceptors (Lipinski definition) is 3. The summed E-state index contributed by atoms with van der Waals surface area (Å²) in [5.41, 5.74) is 2.10. The van der Waals surface area contributed by atoms with E-state index in [4.69, 9.17) is 0 Å². The number of aryl methyl sites for hydroxylation is 1. The zero-order valence-corrected chi connectivity index (χ0v) is 11.5. The second-order valence-corrected chi connectivity index (χ2v) is 4.84. The molecule has 2 aromatic heterocycles. The Kier molecular flexibility index (Phi) is 3.91. The third kappa shape index (κ3) is 3.14. The van der Waals surface area contributed by atoms with Crippen LogP contribution < -0.4 is 5.32 Å². The van der Waals surface area contributed by atoms with Crippen molar-refractivity contribution in [3.05, 3.63) is 46.5 Å². The van der Waals surface area contributed by atoms with Gasteiger partial charge in [-0.1, -0.05) is 0 Å². The smallest absolute Gasteiger partial charge is 0.0797 e. The molecule has 1 unspecified atom stereocenters. The van der Waals surface area contributed by atoms with Gasteiger partial charge >= 0.3 is 0 Å². The Labute approximate surface area is 109 Å². The van der Waals surface area contributed by atoms with Gasteiger partial charge in [0.1, 0.15) is 0 Å². The lowest BCUT2D eigenvalue weighted by Crippen LogP contribution is -2.20. The van der Waals surface area contributed by atoms with Crippen LogP contribution in [-0.4, -0.2) is 21.8 Å². The van der Waals surface area contributed by atoms with Crippen LogP contribution in [-0.2, 0) is 13.5 Å². The van der Waals surface area contributed by atoms with Gasteiger partial charge in [-0.25, -0.2) is 0 Å². The molecule has 2 rings (SSSR count). The molecule has 0 saturated heterocycles. The van der Waals surface area contributed by atoms with Gasteiger partial charge in [-0.3, -0.25) is 9.67 Å². The summed E-state index contributed by atoms with van der Waals surface area (Å²) in [4.78, 5) is 4.38. The number of halogens is 1. The average molecular weight is 295 g/mol. The molecule has 0 radical (unpaired) electrons. The molecule has 0 aliphatic carbocycles. The molecule has 17 heavy (non-hydrogen) atoms. The van der Waals surface area contributed by atoms with Gasteiger partial charge in [-0.05, 0) is 41.2 Å². The van der Waals surface area contributed by atoms with Crippen molar-refractivity contribution < 1.29 is 0 Å². The van der Waals surface area contributed by atoms with E-state index in [0.717, 1.165) is 22.3 Å². The molecule has 0 fully saturated rings. The molecule has 90 valence electrons. The predicted molar refractivity (Wildman–Crippen MR) is 70.6 cm³/mol. The molecule has 0 aromatic carbocycles. The maximum absolute atomic E-state index is 4.41. The van der Waals surface area contributed by atoms with Crippen molar-refractivity contribution in [3.8, 4) is 0 Å². The van der Waals surface area contributed by atoms with Crippen LogP contribution >= 0.6 is 15.9 Å². The van der Waals surface area contributed by atoms with E-state index in [9.17, 15) is 0 Å². The minimum atomic E-state index is 0.199. The largest absolute Gasteiger partial charge is 0.311 e. The number of aromatic nitrogens is 3. The second kappa shape index (κ2) is 5.42. The highest BCUT2D eigenvalue weighted by Gasteiger charge is 2.13. The Morgan fingerprint density at radius 1 is 1.41 bits per heavy atom. The topological polar surface area (TPSA) is 42.7 Å². The van der Waals surface area contributed by atoms with Crippen molar-refractivity contribution in [2.45, 2.75) is 12.5 Å². The molecular formula is C12H15BrN4. The van der Waals surface area contributed by atoms with Crippen molar-refractivity contribution >= 4 is 15.9 Å². The van der Waals surface area contributed by atoms with E-state index in [1.807, 2.05) is 49.4 Å². The van der Waals surface area contributed by atoms with Crippen LogP contribution in [0.3, 0.4) is 0 Å². The van der Waals surface area contributed by atoms with Crippen LogP contribution in [0.1, 0.15) is 17.4 Å². The summed E-state index contributed by atoms with van der Waals surface area (Å²) >= 11 is 3.38. The lowest BCUT2D eigenvalue weighted by Gasteiger charge is -2.13. The number of rotatable bonds is 4. The normalized spacial score (nSPS) is 12.6. The summed E-state index contributed by atoms with van der Waals surface area (Å²) in [6.07, 6.45) is 4.61. The number of nitrogens with one attached hydrogen (secondary N) is 1. The molecule has 0 aliphatic rings. The summed E-state index contributed by atoms with van der Waals surface area (Å²) in [7, 11) is 3.87. The second-order valence-electron chi connectivity index (χ2n) is 3.93. The number of likely N-dealkylation sites (N-methyl/N-ethyl adjacent to an activating group) is 1. The number of hydrogen-bond donors (Lipinski definition) is 1.